The second-order valence-corrected chi connectivity index (χ2v) is 4.73. The van der Waals surface area contributed by atoms with Gasteiger partial charge in [0.05, 0.1) is 21.3 Å². The lowest BCUT2D eigenvalue weighted by molar-refractivity contribution is 0.0601. The summed E-state index contributed by atoms with van der Waals surface area (Å²) in [5.74, 6) is -0.454. The maximum atomic E-state index is 13.6. The first-order chi connectivity index (χ1) is 11.0. The first-order valence-corrected chi connectivity index (χ1v) is 6.80. The molecule has 0 aliphatic rings. The fourth-order valence-electron chi connectivity index (χ4n) is 1.84. The van der Waals surface area contributed by atoms with Gasteiger partial charge in [-0.15, -0.1) is 0 Å². The van der Waals surface area contributed by atoms with Crippen LogP contribution >= 0.6 is 11.6 Å². The Hall–Kier alpha value is -2.54. The summed E-state index contributed by atoms with van der Waals surface area (Å²) in [5.41, 5.74) is 0.428. The van der Waals surface area contributed by atoms with Crippen molar-refractivity contribution >= 4 is 29.1 Å². The molecule has 2 rings (SSSR count). The minimum Gasteiger partial charge on any atom is -0.497 e. The van der Waals surface area contributed by atoms with Gasteiger partial charge >= 0.3 is 5.97 Å². The van der Waals surface area contributed by atoms with Crippen molar-refractivity contribution in [1.29, 1.82) is 0 Å². The number of carbonyl (C=O) groups is 1. The number of nitrogens with one attached hydrogen (secondary N) is 1. The van der Waals surface area contributed by atoms with Crippen LogP contribution in [0.5, 0.6) is 11.5 Å². The van der Waals surface area contributed by atoms with Crippen LogP contribution in [0.4, 0.5) is 15.9 Å². The fourth-order valence-corrected chi connectivity index (χ4v) is 1.98. The summed E-state index contributed by atoms with van der Waals surface area (Å²) in [6.45, 7) is 0. The van der Waals surface area contributed by atoms with E-state index in [4.69, 9.17) is 21.1 Å². The Morgan fingerprint density at radius 2 is 1.74 bits per heavy atom. The molecule has 0 saturated heterocycles. The van der Waals surface area contributed by atoms with Gasteiger partial charge < -0.3 is 19.5 Å². The van der Waals surface area contributed by atoms with E-state index in [9.17, 15) is 9.18 Å². The molecule has 0 aliphatic carbocycles. The molecule has 0 aliphatic heterocycles. The number of pyridine rings is 1. The molecular formula is C15H14ClFN2O4. The average Bonchev–Trinajstić information content (AvgIpc) is 2.56. The summed E-state index contributed by atoms with van der Waals surface area (Å²) < 4.78 is 28.5. The van der Waals surface area contributed by atoms with Gasteiger partial charge in [0.2, 0.25) is 0 Å². The summed E-state index contributed by atoms with van der Waals surface area (Å²) in [4.78, 5) is 15.6. The summed E-state index contributed by atoms with van der Waals surface area (Å²) in [6.07, 6.45) is 0. The molecule has 0 bridgehead atoms. The highest BCUT2D eigenvalue weighted by molar-refractivity contribution is 6.29. The number of methoxy groups -OCH3 is 3. The van der Waals surface area contributed by atoms with E-state index in [1.165, 1.54) is 21.3 Å². The number of aromatic nitrogens is 1. The quantitative estimate of drug-likeness (QED) is 0.664. The molecule has 0 atom stereocenters. The monoisotopic (exact) mass is 340 g/mol. The van der Waals surface area contributed by atoms with E-state index in [0.29, 0.717) is 17.2 Å². The van der Waals surface area contributed by atoms with Crippen molar-refractivity contribution in [3.05, 3.63) is 40.8 Å². The third-order valence-electron chi connectivity index (χ3n) is 2.95. The van der Waals surface area contributed by atoms with Crippen LogP contribution in [0.25, 0.3) is 0 Å². The molecule has 0 radical (unpaired) electrons. The topological polar surface area (TPSA) is 69.7 Å². The van der Waals surface area contributed by atoms with E-state index in [-0.39, 0.29) is 16.5 Å². The zero-order valence-corrected chi connectivity index (χ0v) is 13.4. The standard InChI is InChI=1S/C15H14ClFN2O4/c1-21-9-4-8(5-10(6-9)22-2)18-14-11(15(20)23-3)7-12(17)13(16)19-14/h4-7H,1-3H3,(H,18,19). The van der Waals surface area contributed by atoms with Crippen molar-refractivity contribution in [1.82, 2.24) is 4.98 Å². The molecule has 122 valence electrons. The van der Waals surface area contributed by atoms with Crippen molar-refractivity contribution < 1.29 is 23.4 Å². The molecule has 1 N–H and O–H groups in total. The number of hydrogen-bond acceptors (Lipinski definition) is 6. The van der Waals surface area contributed by atoms with E-state index in [0.717, 1.165) is 6.07 Å². The zero-order chi connectivity index (χ0) is 17.0. The van der Waals surface area contributed by atoms with Crippen molar-refractivity contribution in [2.24, 2.45) is 0 Å². The molecule has 1 aromatic carbocycles. The maximum absolute atomic E-state index is 13.6. The summed E-state index contributed by atoms with van der Waals surface area (Å²) in [7, 11) is 4.20. The third kappa shape index (κ3) is 3.81. The molecule has 6 nitrogen and oxygen atoms in total. The Balaban J connectivity index is 2.47. The van der Waals surface area contributed by atoms with Crippen molar-refractivity contribution in [3.8, 4) is 11.5 Å². The van der Waals surface area contributed by atoms with Crippen LogP contribution in [0.3, 0.4) is 0 Å². The zero-order valence-electron chi connectivity index (χ0n) is 12.6. The van der Waals surface area contributed by atoms with Gasteiger partial charge in [0.15, 0.2) is 11.0 Å². The lowest BCUT2D eigenvalue weighted by atomic mass is 10.2. The number of benzene rings is 1. The fraction of sp³-hybridized carbons (Fsp3) is 0.200. The van der Waals surface area contributed by atoms with Crippen molar-refractivity contribution in [2.75, 3.05) is 26.6 Å². The predicted octanol–water partition coefficient (Wildman–Crippen LogP) is 3.42. The first-order valence-electron chi connectivity index (χ1n) is 6.43. The Kier molecular flexibility index (Phi) is 5.23. The van der Waals surface area contributed by atoms with E-state index >= 15 is 0 Å². The Labute approximate surface area is 137 Å². The van der Waals surface area contributed by atoms with Gasteiger partial charge in [-0.25, -0.2) is 14.2 Å². The average molecular weight is 341 g/mol. The van der Waals surface area contributed by atoms with Crippen LogP contribution in [0.1, 0.15) is 10.4 Å². The first kappa shape index (κ1) is 16.8. The van der Waals surface area contributed by atoms with E-state index < -0.39 is 11.8 Å². The van der Waals surface area contributed by atoms with Crippen molar-refractivity contribution in [2.45, 2.75) is 0 Å². The van der Waals surface area contributed by atoms with Crippen LogP contribution in [0.15, 0.2) is 24.3 Å². The normalized spacial score (nSPS) is 10.1. The van der Waals surface area contributed by atoms with E-state index in [2.05, 4.69) is 15.0 Å². The van der Waals surface area contributed by atoms with Crippen LogP contribution in [-0.2, 0) is 4.74 Å². The molecule has 8 heteroatoms. The largest absolute Gasteiger partial charge is 0.497 e. The smallest absolute Gasteiger partial charge is 0.341 e. The summed E-state index contributed by atoms with van der Waals surface area (Å²) >= 11 is 5.69. The molecule has 0 fully saturated rings. The third-order valence-corrected chi connectivity index (χ3v) is 3.22. The highest BCUT2D eigenvalue weighted by atomic mass is 35.5. The van der Waals surface area contributed by atoms with Gasteiger partial charge in [-0.2, -0.15) is 0 Å². The van der Waals surface area contributed by atoms with Gasteiger partial charge in [0, 0.05) is 23.9 Å². The van der Waals surface area contributed by atoms with Crippen LogP contribution in [0.2, 0.25) is 5.15 Å². The van der Waals surface area contributed by atoms with Gasteiger partial charge in [0.1, 0.15) is 22.9 Å². The maximum Gasteiger partial charge on any atom is 0.341 e. The highest BCUT2D eigenvalue weighted by Crippen LogP contribution is 2.30. The molecule has 0 saturated carbocycles. The number of carbonyl (C=O) groups excluding carboxylic acids is 1. The van der Waals surface area contributed by atoms with Crippen LogP contribution < -0.4 is 14.8 Å². The lowest BCUT2D eigenvalue weighted by Gasteiger charge is -2.13. The molecule has 0 amide bonds. The van der Waals surface area contributed by atoms with Crippen molar-refractivity contribution in [3.63, 3.8) is 0 Å². The molecule has 1 heterocycles. The van der Waals surface area contributed by atoms with E-state index in [1.807, 2.05) is 0 Å². The second-order valence-electron chi connectivity index (χ2n) is 4.38. The number of hydrogen-bond donors (Lipinski definition) is 1. The number of nitrogens with zero attached hydrogens (tertiary/aromatic N) is 1. The lowest BCUT2D eigenvalue weighted by Crippen LogP contribution is -2.09. The van der Waals surface area contributed by atoms with E-state index in [1.54, 1.807) is 18.2 Å². The molecule has 0 spiro atoms. The highest BCUT2D eigenvalue weighted by Gasteiger charge is 2.18. The molecule has 0 unspecified atom stereocenters. The summed E-state index contributed by atoms with van der Waals surface area (Å²) in [5, 5.41) is 2.52. The Morgan fingerprint density at radius 1 is 1.13 bits per heavy atom. The van der Waals surface area contributed by atoms with Gasteiger partial charge in [-0.1, -0.05) is 11.6 Å². The number of anilines is 2. The number of ether oxygens (including phenoxy) is 3. The number of rotatable bonds is 5. The Bertz CT molecular complexity index is 717. The molecule has 1 aromatic heterocycles. The van der Waals surface area contributed by atoms with Gasteiger partial charge in [-0.05, 0) is 6.07 Å². The van der Waals surface area contributed by atoms with Crippen LogP contribution in [-0.4, -0.2) is 32.3 Å². The second kappa shape index (κ2) is 7.15. The minimum atomic E-state index is -0.819. The van der Waals surface area contributed by atoms with Gasteiger partial charge in [0.25, 0.3) is 0 Å². The predicted molar refractivity (Wildman–Crippen MR) is 83.4 cm³/mol. The number of halogens is 2. The molecule has 23 heavy (non-hydrogen) atoms. The molecular weight excluding hydrogens is 327 g/mol. The summed E-state index contributed by atoms with van der Waals surface area (Å²) in [6, 6.07) is 5.95. The molecule has 2 aromatic rings. The SMILES string of the molecule is COC(=O)c1cc(F)c(Cl)nc1Nc1cc(OC)cc(OC)c1. The van der Waals surface area contributed by atoms with Gasteiger partial charge in [-0.3, -0.25) is 0 Å². The van der Waals surface area contributed by atoms with Crippen LogP contribution in [0, 0.1) is 5.82 Å². The Morgan fingerprint density at radius 3 is 2.26 bits per heavy atom. The minimum absolute atomic E-state index is 0.0542. The number of esters is 1.